The van der Waals surface area contributed by atoms with Gasteiger partial charge < -0.3 is 20.2 Å². The number of carbonyl (C=O) groups is 2. The highest BCUT2D eigenvalue weighted by Crippen LogP contribution is 2.00. The number of hydrogen-bond donors (Lipinski definition) is 2. The molecule has 18 heavy (non-hydrogen) atoms. The number of carbonyl (C=O) groups excluding carboxylic acids is 1. The van der Waals surface area contributed by atoms with E-state index < -0.39 is 11.9 Å². The largest absolute Gasteiger partial charge is 0.481 e. The summed E-state index contributed by atoms with van der Waals surface area (Å²) in [5, 5.41) is 11.6. The molecule has 6 nitrogen and oxygen atoms in total. The molecule has 0 spiro atoms. The molecule has 106 valence electrons. The van der Waals surface area contributed by atoms with Gasteiger partial charge in [-0.3, -0.25) is 4.79 Å². The van der Waals surface area contributed by atoms with E-state index in [0.717, 1.165) is 13.0 Å². The highest BCUT2D eigenvalue weighted by atomic mass is 16.4. The summed E-state index contributed by atoms with van der Waals surface area (Å²) in [5.41, 5.74) is 0. The van der Waals surface area contributed by atoms with Crippen LogP contribution in [0.25, 0.3) is 0 Å². The van der Waals surface area contributed by atoms with Gasteiger partial charge in [0.15, 0.2) is 0 Å². The summed E-state index contributed by atoms with van der Waals surface area (Å²) < 4.78 is 0. The van der Waals surface area contributed by atoms with Gasteiger partial charge in [0.05, 0.1) is 5.92 Å². The number of carboxylic acid groups (broad SMARTS) is 1. The van der Waals surface area contributed by atoms with Crippen LogP contribution in [0.3, 0.4) is 0 Å². The van der Waals surface area contributed by atoms with Gasteiger partial charge in [-0.1, -0.05) is 6.92 Å². The quantitative estimate of drug-likeness (QED) is 0.705. The van der Waals surface area contributed by atoms with E-state index in [2.05, 4.69) is 10.2 Å². The number of nitrogens with zero attached hydrogens (tertiary/aromatic N) is 2. The zero-order valence-electron chi connectivity index (χ0n) is 11.9. The molecule has 6 heteroatoms. The lowest BCUT2D eigenvalue weighted by atomic mass is 10.2. The average molecular weight is 259 g/mol. The van der Waals surface area contributed by atoms with Gasteiger partial charge in [-0.05, 0) is 34.0 Å². The number of nitrogens with one attached hydrogen (secondary N) is 1. The molecule has 0 aliphatic rings. The second kappa shape index (κ2) is 7.92. The molecule has 0 aromatic heterocycles. The zero-order valence-corrected chi connectivity index (χ0v) is 11.9. The van der Waals surface area contributed by atoms with Gasteiger partial charge >= 0.3 is 12.0 Å². The molecule has 0 rings (SSSR count). The van der Waals surface area contributed by atoms with Crippen LogP contribution >= 0.6 is 0 Å². The predicted octanol–water partition coefficient (Wildman–Crippen LogP) is 0.689. The maximum Gasteiger partial charge on any atom is 0.317 e. The second-order valence-corrected chi connectivity index (χ2v) is 5.06. The molecule has 0 heterocycles. The summed E-state index contributed by atoms with van der Waals surface area (Å²) in [4.78, 5) is 25.9. The smallest absolute Gasteiger partial charge is 0.317 e. The lowest BCUT2D eigenvalue weighted by Crippen LogP contribution is -2.44. The van der Waals surface area contributed by atoms with Crippen LogP contribution in [-0.4, -0.2) is 67.2 Å². The fourth-order valence-electron chi connectivity index (χ4n) is 1.42. The van der Waals surface area contributed by atoms with E-state index in [1.165, 1.54) is 4.90 Å². The Balaban J connectivity index is 4.03. The van der Waals surface area contributed by atoms with Gasteiger partial charge in [0.2, 0.25) is 0 Å². The van der Waals surface area contributed by atoms with Gasteiger partial charge in [0.1, 0.15) is 0 Å². The molecule has 0 radical (unpaired) electrons. The van der Waals surface area contributed by atoms with Crippen LogP contribution in [0.1, 0.15) is 20.3 Å². The van der Waals surface area contributed by atoms with E-state index in [0.29, 0.717) is 0 Å². The molecule has 0 saturated heterocycles. The van der Waals surface area contributed by atoms with Crippen molar-refractivity contribution in [3.63, 3.8) is 0 Å². The zero-order chi connectivity index (χ0) is 14.3. The molecule has 0 fully saturated rings. The van der Waals surface area contributed by atoms with Crippen molar-refractivity contribution in [1.82, 2.24) is 15.1 Å². The average Bonchev–Trinajstić information content (AvgIpc) is 2.25. The number of hydrogen-bond acceptors (Lipinski definition) is 3. The monoisotopic (exact) mass is 259 g/mol. The maximum atomic E-state index is 11.8. The van der Waals surface area contributed by atoms with Gasteiger partial charge in [-0.25, -0.2) is 4.79 Å². The Morgan fingerprint density at radius 3 is 2.22 bits per heavy atom. The number of amides is 2. The van der Waals surface area contributed by atoms with E-state index in [-0.39, 0.29) is 18.6 Å². The molecule has 2 N–H and O–H groups in total. The molecule has 2 unspecified atom stereocenters. The van der Waals surface area contributed by atoms with Crippen molar-refractivity contribution in [3.8, 4) is 0 Å². The SMILES string of the molecule is CC(CCN(C)C)NC(=O)N(C)CC(C)C(=O)O. The van der Waals surface area contributed by atoms with Gasteiger partial charge in [0.25, 0.3) is 0 Å². The molecule has 2 atom stereocenters. The van der Waals surface area contributed by atoms with Gasteiger partial charge in [-0.2, -0.15) is 0 Å². The number of rotatable bonds is 7. The highest BCUT2D eigenvalue weighted by Gasteiger charge is 2.18. The van der Waals surface area contributed by atoms with Crippen LogP contribution in [0.2, 0.25) is 0 Å². The highest BCUT2D eigenvalue weighted by molar-refractivity contribution is 5.75. The van der Waals surface area contributed by atoms with Crippen LogP contribution in [0.15, 0.2) is 0 Å². The minimum absolute atomic E-state index is 0.0717. The molecule has 0 aromatic rings. The van der Waals surface area contributed by atoms with Crippen LogP contribution < -0.4 is 5.32 Å². The molecular formula is C12H25N3O3. The fourth-order valence-corrected chi connectivity index (χ4v) is 1.42. The van der Waals surface area contributed by atoms with Crippen molar-refractivity contribution in [1.29, 1.82) is 0 Å². The van der Waals surface area contributed by atoms with Crippen LogP contribution in [0.5, 0.6) is 0 Å². The van der Waals surface area contributed by atoms with Crippen LogP contribution in [-0.2, 0) is 4.79 Å². The Hall–Kier alpha value is -1.30. The van der Waals surface area contributed by atoms with Crippen molar-refractivity contribution in [2.75, 3.05) is 34.2 Å². The summed E-state index contributed by atoms with van der Waals surface area (Å²) >= 11 is 0. The topological polar surface area (TPSA) is 72.9 Å². The molecule has 0 aliphatic carbocycles. The molecule has 0 bridgehead atoms. The first kappa shape index (κ1) is 16.7. The van der Waals surface area contributed by atoms with Crippen LogP contribution in [0, 0.1) is 5.92 Å². The number of urea groups is 1. The number of carboxylic acids is 1. The standard InChI is InChI=1S/C12H25N3O3/c1-9(11(16)17)8-15(5)12(18)13-10(2)6-7-14(3)4/h9-10H,6-8H2,1-5H3,(H,13,18)(H,16,17). The summed E-state index contributed by atoms with van der Waals surface area (Å²) in [6.07, 6.45) is 0.862. The first-order valence-corrected chi connectivity index (χ1v) is 6.13. The Kier molecular flexibility index (Phi) is 7.35. The lowest BCUT2D eigenvalue weighted by Gasteiger charge is -2.23. The van der Waals surface area contributed by atoms with Crippen molar-refractivity contribution >= 4 is 12.0 Å². The lowest BCUT2D eigenvalue weighted by molar-refractivity contribution is -0.141. The summed E-state index contributed by atoms with van der Waals surface area (Å²) in [6.45, 7) is 4.63. The van der Waals surface area contributed by atoms with Gasteiger partial charge in [0, 0.05) is 19.6 Å². The molecular weight excluding hydrogens is 234 g/mol. The second-order valence-electron chi connectivity index (χ2n) is 5.06. The van der Waals surface area contributed by atoms with E-state index in [1.54, 1.807) is 14.0 Å². The molecule has 0 aliphatic heterocycles. The Morgan fingerprint density at radius 1 is 1.22 bits per heavy atom. The Morgan fingerprint density at radius 2 is 1.78 bits per heavy atom. The first-order valence-electron chi connectivity index (χ1n) is 6.13. The van der Waals surface area contributed by atoms with Gasteiger partial charge in [-0.15, -0.1) is 0 Å². The normalized spacial score (nSPS) is 14.1. The third kappa shape index (κ3) is 7.11. The van der Waals surface area contributed by atoms with Crippen molar-refractivity contribution < 1.29 is 14.7 Å². The summed E-state index contributed by atoms with van der Waals surface area (Å²) in [6, 6.07) is -0.156. The third-order valence-corrected chi connectivity index (χ3v) is 2.70. The van der Waals surface area contributed by atoms with E-state index >= 15 is 0 Å². The van der Waals surface area contributed by atoms with E-state index in [1.807, 2.05) is 21.0 Å². The summed E-state index contributed by atoms with van der Waals surface area (Å²) in [5.74, 6) is -1.45. The van der Waals surface area contributed by atoms with E-state index in [9.17, 15) is 9.59 Å². The van der Waals surface area contributed by atoms with Crippen molar-refractivity contribution in [2.45, 2.75) is 26.3 Å². The van der Waals surface area contributed by atoms with E-state index in [4.69, 9.17) is 5.11 Å². The minimum Gasteiger partial charge on any atom is -0.481 e. The first-order chi connectivity index (χ1) is 8.23. The minimum atomic E-state index is -0.893. The fraction of sp³-hybridized carbons (Fsp3) is 0.833. The molecule has 2 amide bonds. The maximum absolute atomic E-state index is 11.8. The third-order valence-electron chi connectivity index (χ3n) is 2.70. The summed E-state index contributed by atoms with van der Waals surface area (Å²) in [7, 11) is 5.57. The Bertz CT molecular complexity index is 282. The van der Waals surface area contributed by atoms with Crippen molar-refractivity contribution in [3.05, 3.63) is 0 Å². The predicted molar refractivity (Wildman–Crippen MR) is 70.6 cm³/mol. The van der Waals surface area contributed by atoms with Crippen molar-refractivity contribution in [2.24, 2.45) is 5.92 Å². The molecule has 0 saturated carbocycles. The Labute approximate surface area is 109 Å². The number of aliphatic carboxylic acids is 1. The molecule has 0 aromatic carbocycles. The van der Waals surface area contributed by atoms with Crippen LogP contribution in [0.4, 0.5) is 4.79 Å².